The molecule has 18 heavy (non-hydrogen) atoms. The molecule has 92 valence electrons. The topological polar surface area (TPSA) is 55.1 Å². The van der Waals surface area contributed by atoms with Crippen LogP contribution in [0.15, 0.2) is 46.9 Å². The molecule has 0 radical (unpaired) electrons. The standard InChI is InChI=1S/C13H10BrFN2O/c14-12-6-3-9(16)7-11(12)13(18)17-10-4-1-8(15)2-5-10/h1-7H,16H2,(H,17,18). The number of benzene rings is 2. The summed E-state index contributed by atoms with van der Waals surface area (Å²) in [5, 5.41) is 2.66. The first-order chi connectivity index (χ1) is 8.56. The van der Waals surface area contributed by atoms with Crippen LogP contribution in [0.25, 0.3) is 0 Å². The zero-order valence-electron chi connectivity index (χ0n) is 9.28. The number of nitrogens with two attached hydrogens (primary N) is 1. The smallest absolute Gasteiger partial charge is 0.256 e. The Bertz CT molecular complexity index is 584. The number of nitrogens with one attached hydrogen (secondary N) is 1. The van der Waals surface area contributed by atoms with Crippen molar-refractivity contribution in [1.29, 1.82) is 0 Å². The summed E-state index contributed by atoms with van der Waals surface area (Å²) in [6.45, 7) is 0. The minimum Gasteiger partial charge on any atom is -0.399 e. The van der Waals surface area contributed by atoms with Crippen molar-refractivity contribution in [3.8, 4) is 0 Å². The van der Waals surface area contributed by atoms with E-state index >= 15 is 0 Å². The van der Waals surface area contributed by atoms with Crippen molar-refractivity contribution in [1.82, 2.24) is 0 Å². The predicted octanol–water partition coefficient (Wildman–Crippen LogP) is 3.42. The zero-order chi connectivity index (χ0) is 13.1. The Morgan fingerprint density at radius 3 is 2.50 bits per heavy atom. The third-order valence-corrected chi connectivity index (χ3v) is 3.03. The van der Waals surface area contributed by atoms with E-state index in [1.54, 1.807) is 18.2 Å². The van der Waals surface area contributed by atoms with Gasteiger partial charge in [-0.2, -0.15) is 0 Å². The summed E-state index contributed by atoms with van der Waals surface area (Å²) in [5.74, 6) is -0.654. The van der Waals surface area contributed by atoms with Gasteiger partial charge in [-0.3, -0.25) is 4.79 Å². The molecular weight excluding hydrogens is 299 g/mol. The summed E-state index contributed by atoms with van der Waals surface area (Å²) in [6.07, 6.45) is 0. The second-order valence-corrected chi connectivity index (χ2v) is 4.55. The molecule has 3 N–H and O–H groups in total. The van der Waals surface area contributed by atoms with E-state index < -0.39 is 0 Å². The molecule has 1 amide bonds. The number of halogens is 2. The zero-order valence-corrected chi connectivity index (χ0v) is 10.9. The lowest BCUT2D eigenvalue weighted by molar-refractivity contribution is 0.102. The van der Waals surface area contributed by atoms with Crippen molar-refractivity contribution in [3.63, 3.8) is 0 Å². The van der Waals surface area contributed by atoms with Crippen molar-refractivity contribution in [2.75, 3.05) is 11.1 Å². The molecule has 2 aromatic rings. The Hall–Kier alpha value is -1.88. The number of carbonyl (C=O) groups excluding carboxylic acids is 1. The first-order valence-corrected chi connectivity index (χ1v) is 5.97. The Balaban J connectivity index is 2.21. The molecule has 0 spiro atoms. The maximum Gasteiger partial charge on any atom is 0.256 e. The van der Waals surface area contributed by atoms with Crippen LogP contribution in [0.2, 0.25) is 0 Å². The van der Waals surface area contributed by atoms with Crippen LogP contribution in [0, 0.1) is 5.82 Å². The van der Waals surface area contributed by atoms with E-state index in [-0.39, 0.29) is 11.7 Å². The molecule has 0 saturated heterocycles. The number of rotatable bonds is 2. The van der Waals surface area contributed by atoms with Crippen LogP contribution < -0.4 is 11.1 Å². The number of amides is 1. The normalized spacial score (nSPS) is 10.1. The fraction of sp³-hybridized carbons (Fsp3) is 0. The molecule has 0 aromatic heterocycles. The van der Waals surface area contributed by atoms with Gasteiger partial charge in [-0.05, 0) is 58.4 Å². The van der Waals surface area contributed by atoms with Crippen LogP contribution in [-0.4, -0.2) is 5.91 Å². The number of hydrogen-bond donors (Lipinski definition) is 2. The molecule has 0 bridgehead atoms. The van der Waals surface area contributed by atoms with Crippen molar-refractivity contribution in [2.45, 2.75) is 0 Å². The van der Waals surface area contributed by atoms with Crippen LogP contribution in [0.3, 0.4) is 0 Å². The van der Waals surface area contributed by atoms with E-state index in [0.717, 1.165) is 0 Å². The first-order valence-electron chi connectivity index (χ1n) is 5.18. The highest BCUT2D eigenvalue weighted by molar-refractivity contribution is 9.10. The van der Waals surface area contributed by atoms with Gasteiger partial charge in [0.2, 0.25) is 0 Å². The van der Waals surface area contributed by atoms with Gasteiger partial charge in [0.1, 0.15) is 5.82 Å². The van der Waals surface area contributed by atoms with Crippen LogP contribution in [0.4, 0.5) is 15.8 Å². The third-order valence-electron chi connectivity index (χ3n) is 2.34. The Labute approximate surface area is 112 Å². The average molecular weight is 309 g/mol. The van der Waals surface area contributed by atoms with E-state index in [2.05, 4.69) is 21.2 Å². The SMILES string of the molecule is Nc1ccc(Br)c(C(=O)Nc2ccc(F)cc2)c1. The lowest BCUT2D eigenvalue weighted by Gasteiger charge is -2.07. The number of carbonyl (C=O) groups is 1. The summed E-state index contributed by atoms with van der Waals surface area (Å²) in [7, 11) is 0. The molecule has 0 heterocycles. The maximum absolute atomic E-state index is 12.7. The van der Waals surface area contributed by atoms with Crippen LogP contribution >= 0.6 is 15.9 Å². The average Bonchev–Trinajstić information content (AvgIpc) is 2.35. The summed E-state index contributed by atoms with van der Waals surface area (Å²) in [6, 6.07) is 10.5. The van der Waals surface area contributed by atoms with Gasteiger partial charge in [0.15, 0.2) is 0 Å². The Kier molecular flexibility index (Phi) is 3.62. The van der Waals surface area contributed by atoms with Gasteiger partial charge in [0.05, 0.1) is 5.56 Å². The molecule has 2 rings (SSSR count). The number of anilines is 2. The number of hydrogen-bond acceptors (Lipinski definition) is 2. The monoisotopic (exact) mass is 308 g/mol. The van der Waals surface area contributed by atoms with Gasteiger partial charge in [-0.25, -0.2) is 4.39 Å². The third kappa shape index (κ3) is 2.87. The lowest BCUT2D eigenvalue weighted by atomic mass is 10.2. The predicted molar refractivity (Wildman–Crippen MR) is 72.9 cm³/mol. The van der Waals surface area contributed by atoms with Crippen molar-refractivity contribution < 1.29 is 9.18 Å². The van der Waals surface area contributed by atoms with Crippen LogP contribution in [-0.2, 0) is 0 Å². The minimum atomic E-state index is -0.349. The molecule has 0 aliphatic heterocycles. The van der Waals surface area contributed by atoms with Crippen molar-refractivity contribution >= 4 is 33.2 Å². The summed E-state index contributed by atoms with van der Waals surface area (Å²) >= 11 is 3.28. The second-order valence-electron chi connectivity index (χ2n) is 3.70. The van der Waals surface area contributed by atoms with Gasteiger partial charge in [0, 0.05) is 15.8 Å². The van der Waals surface area contributed by atoms with Gasteiger partial charge in [-0.1, -0.05) is 0 Å². The molecule has 0 fully saturated rings. The fourth-order valence-electron chi connectivity index (χ4n) is 1.45. The Morgan fingerprint density at radius 2 is 1.83 bits per heavy atom. The van der Waals surface area contributed by atoms with Crippen molar-refractivity contribution in [3.05, 3.63) is 58.3 Å². The van der Waals surface area contributed by atoms with Crippen molar-refractivity contribution in [2.24, 2.45) is 0 Å². The molecule has 0 saturated carbocycles. The summed E-state index contributed by atoms with van der Waals surface area (Å²) in [4.78, 5) is 12.0. The van der Waals surface area contributed by atoms with Gasteiger partial charge >= 0.3 is 0 Å². The Morgan fingerprint density at radius 1 is 1.17 bits per heavy atom. The fourth-order valence-corrected chi connectivity index (χ4v) is 1.88. The molecular formula is C13H10BrFN2O. The van der Waals surface area contributed by atoms with Gasteiger partial charge in [-0.15, -0.1) is 0 Å². The van der Waals surface area contributed by atoms with E-state index in [0.29, 0.717) is 21.4 Å². The lowest BCUT2D eigenvalue weighted by Crippen LogP contribution is -2.12. The van der Waals surface area contributed by atoms with E-state index in [1.807, 2.05) is 0 Å². The molecule has 2 aromatic carbocycles. The van der Waals surface area contributed by atoms with Gasteiger partial charge < -0.3 is 11.1 Å². The molecule has 0 atom stereocenters. The molecule has 3 nitrogen and oxygen atoms in total. The molecule has 0 aliphatic rings. The first kappa shape index (κ1) is 12.6. The minimum absolute atomic E-state index is 0.305. The highest BCUT2D eigenvalue weighted by atomic mass is 79.9. The maximum atomic E-state index is 12.7. The molecule has 0 unspecified atom stereocenters. The number of nitrogen functional groups attached to an aromatic ring is 1. The van der Waals surface area contributed by atoms with E-state index in [4.69, 9.17) is 5.73 Å². The largest absolute Gasteiger partial charge is 0.399 e. The highest BCUT2D eigenvalue weighted by Crippen LogP contribution is 2.21. The highest BCUT2D eigenvalue weighted by Gasteiger charge is 2.10. The molecule has 5 heteroatoms. The van der Waals surface area contributed by atoms with Gasteiger partial charge in [0.25, 0.3) is 5.91 Å². The second kappa shape index (κ2) is 5.18. The van der Waals surface area contributed by atoms with Crippen LogP contribution in [0.1, 0.15) is 10.4 Å². The van der Waals surface area contributed by atoms with E-state index in [1.165, 1.54) is 24.3 Å². The van der Waals surface area contributed by atoms with E-state index in [9.17, 15) is 9.18 Å². The summed E-state index contributed by atoms with van der Waals surface area (Å²) < 4.78 is 13.4. The molecule has 0 aliphatic carbocycles. The quantitative estimate of drug-likeness (QED) is 0.835. The van der Waals surface area contributed by atoms with Crippen LogP contribution in [0.5, 0.6) is 0 Å². The summed E-state index contributed by atoms with van der Waals surface area (Å²) in [5.41, 5.74) is 7.08.